The Morgan fingerprint density at radius 2 is 2.33 bits per heavy atom. The van der Waals surface area contributed by atoms with Gasteiger partial charge in [0, 0.05) is 4.88 Å². The van der Waals surface area contributed by atoms with E-state index in [1.165, 1.54) is 22.5 Å². The molecule has 21 heavy (non-hydrogen) atoms. The third-order valence-corrected chi connectivity index (χ3v) is 4.64. The summed E-state index contributed by atoms with van der Waals surface area (Å²) in [6.07, 6.45) is 4.45. The molecule has 1 aliphatic carbocycles. The Bertz CT molecular complexity index is 741. The highest BCUT2D eigenvalue weighted by molar-refractivity contribution is 7.80. The minimum Gasteiger partial charge on any atom is -0.459 e. The summed E-state index contributed by atoms with van der Waals surface area (Å²) in [6, 6.07) is 5.40. The molecule has 0 saturated carbocycles. The third-order valence-electron chi connectivity index (χ3n) is 3.23. The van der Waals surface area contributed by atoms with Gasteiger partial charge in [-0.2, -0.15) is 5.26 Å². The largest absolute Gasteiger partial charge is 0.459 e. The Balaban J connectivity index is 1.71. The first-order valence-corrected chi connectivity index (χ1v) is 7.62. The number of furan rings is 1. The summed E-state index contributed by atoms with van der Waals surface area (Å²) in [4.78, 5) is 13.0. The predicted molar refractivity (Wildman–Crippen MR) is 83.5 cm³/mol. The lowest BCUT2D eigenvalue weighted by atomic mass is 10.1. The minimum atomic E-state index is -0.417. The molecule has 0 spiro atoms. The zero-order valence-electron chi connectivity index (χ0n) is 10.9. The van der Waals surface area contributed by atoms with Crippen molar-refractivity contribution in [3.05, 3.63) is 40.2 Å². The maximum atomic E-state index is 11.8. The molecule has 0 unspecified atom stereocenters. The number of carbonyl (C=O) groups is 1. The SMILES string of the molecule is N#Cc1c(NC(=S)NC(=O)c2ccco2)sc2c1CCC2. The van der Waals surface area contributed by atoms with E-state index in [4.69, 9.17) is 16.6 Å². The molecule has 0 atom stereocenters. The third kappa shape index (κ3) is 2.68. The summed E-state index contributed by atoms with van der Waals surface area (Å²) < 4.78 is 4.99. The van der Waals surface area contributed by atoms with Crippen molar-refractivity contribution in [2.45, 2.75) is 19.3 Å². The van der Waals surface area contributed by atoms with Crippen LogP contribution in [0.4, 0.5) is 5.00 Å². The summed E-state index contributed by atoms with van der Waals surface area (Å²) in [5.41, 5.74) is 1.76. The first-order valence-electron chi connectivity index (χ1n) is 6.39. The van der Waals surface area contributed by atoms with Crippen LogP contribution in [0.1, 0.15) is 33.0 Å². The average Bonchev–Trinajstić information content (AvgIpc) is 3.14. The summed E-state index contributed by atoms with van der Waals surface area (Å²) in [5.74, 6) is -0.228. The van der Waals surface area contributed by atoms with E-state index in [0.29, 0.717) is 10.6 Å². The number of anilines is 1. The number of nitrogens with one attached hydrogen (secondary N) is 2. The Morgan fingerprint density at radius 1 is 1.48 bits per heavy atom. The van der Waals surface area contributed by atoms with Crippen LogP contribution in [0.2, 0.25) is 0 Å². The highest BCUT2D eigenvalue weighted by Gasteiger charge is 2.22. The van der Waals surface area contributed by atoms with Crippen molar-refractivity contribution in [2.24, 2.45) is 0 Å². The summed E-state index contributed by atoms with van der Waals surface area (Å²) in [6.45, 7) is 0. The van der Waals surface area contributed by atoms with Gasteiger partial charge in [-0.3, -0.25) is 10.1 Å². The van der Waals surface area contributed by atoms with E-state index < -0.39 is 5.91 Å². The van der Waals surface area contributed by atoms with E-state index in [-0.39, 0.29) is 10.9 Å². The normalized spacial score (nSPS) is 12.5. The number of thiophene rings is 1. The molecule has 1 amide bonds. The van der Waals surface area contributed by atoms with Crippen LogP contribution in [0.3, 0.4) is 0 Å². The Kier molecular flexibility index (Phi) is 3.73. The van der Waals surface area contributed by atoms with E-state index in [9.17, 15) is 10.1 Å². The number of amides is 1. The van der Waals surface area contributed by atoms with Gasteiger partial charge in [-0.15, -0.1) is 11.3 Å². The van der Waals surface area contributed by atoms with Crippen molar-refractivity contribution in [3.8, 4) is 6.07 Å². The fourth-order valence-corrected chi connectivity index (χ4v) is 3.82. The molecule has 2 N–H and O–H groups in total. The lowest BCUT2D eigenvalue weighted by molar-refractivity contribution is 0.0950. The van der Waals surface area contributed by atoms with Gasteiger partial charge in [-0.25, -0.2) is 0 Å². The molecular formula is C14H11N3O2S2. The van der Waals surface area contributed by atoms with Gasteiger partial charge >= 0.3 is 0 Å². The molecule has 0 aromatic carbocycles. The summed E-state index contributed by atoms with van der Waals surface area (Å²) >= 11 is 6.64. The van der Waals surface area contributed by atoms with Crippen molar-refractivity contribution in [3.63, 3.8) is 0 Å². The van der Waals surface area contributed by atoms with E-state index in [2.05, 4.69) is 16.7 Å². The predicted octanol–water partition coefficient (Wildman–Crippen LogP) is 2.83. The molecule has 1 aliphatic rings. The second-order valence-electron chi connectivity index (χ2n) is 4.56. The molecule has 7 heteroatoms. The minimum absolute atomic E-state index is 0.160. The quantitative estimate of drug-likeness (QED) is 0.833. The van der Waals surface area contributed by atoms with Crippen LogP contribution in [0, 0.1) is 11.3 Å². The smallest absolute Gasteiger partial charge is 0.293 e. The molecule has 3 rings (SSSR count). The van der Waals surface area contributed by atoms with Gasteiger partial charge in [0.1, 0.15) is 11.1 Å². The molecule has 0 saturated heterocycles. The maximum Gasteiger partial charge on any atom is 0.293 e. The van der Waals surface area contributed by atoms with Crippen LogP contribution in [0.15, 0.2) is 22.8 Å². The lowest BCUT2D eigenvalue weighted by Gasteiger charge is -2.07. The van der Waals surface area contributed by atoms with Crippen LogP contribution in [0.25, 0.3) is 0 Å². The lowest BCUT2D eigenvalue weighted by Crippen LogP contribution is -2.33. The average molecular weight is 317 g/mol. The van der Waals surface area contributed by atoms with Gasteiger partial charge in [0.15, 0.2) is 10.9 Å². The number of hydrogen-bond donors (Lipinski definition) is 2. The Hall–Kier alpha value is -2.17. The van der Waals surface area contributed by atoms with E-state index in [1.807, 2.05) is 0 Å². The zero-order valence-corrected chi connectivity index (χ0v) is 12.6. The van der Waals surface area contributed by atoms with Crippen LogP contribution >= 0.6 is 23.6 Å². The zero-order chi connectivity index (χ0) is 14.8. The number of thiocarbonyl (C=S) groups is 1. The first kappa shape index (κ1) is 13.8. The van der Waals surface area contributed by atoms with E-state index in [0.717, 1.165) is 24.8 Å². The fourth-order valence-electron chi connectivity index (χ4n) is 2.32. The number of nitriles is 1. The number of carbonyl (C=O) groups excluding carboxylic acids is 1. The molecule has 0 fully saturated rings. The van der Waals surface area contributed by atoms with Crippen LogP contribution in [-0.4, -0.2) is 11.0 Å². The number of rotatable bonds is 2. The van der Waals surface area contributed by atoms with Crippen molar-refractivity contribution >= 4 is 39.6 Å². The van der Waals surface area contributed by atoms with Gasteiger partial charge in [0.25, 0.3) is 5.91 Å². The van der Waals surface area contributed by atoms with Crippen molar-refractivity contribution in [2.75, 3.05) is 5.32 Å². The topological polar surface area (TPSA) is 78.1 Å². The molecule has 2 aromatic heterocycles. The number of aryl methyl sites for hydroxylation is 1. The molecule has 5 nitrogen and oxygen atoms in total. The standard InChI is InChI=1S/C14H11N3O2S2/c15-7-9-8-3-1-5-11(8)21-13(9)17-14(20)16-12(18)10-4-2-6-19-10/h2,4,6H,1,3,5H2,(H2,16,17,18,20). The first-order chi connectivity index (χ1) is 10.2. The van der Waals surface area contributed by atoms with Gasteiger partial charge < -0.3 is 9.73 Å². The second-order valence-corrected chi connectivity index (χ2v) is 6.07. The molecule has 106 valence electrons. The number of fused-ring (bicyclic) bond motifs is 1. The van der Waals surface area contributed by atoms with Crippen LogP contribution in [0.5, 0.6) is 0 Å². The van der Waals surface area contributed by atoms with Crippen LogP contribution in [-0.2, 0) is 12.8 Å². The fraction of sp³-hybridized carbons (Fsp3) is 0.214. The van der Waals surface area contributed by atoms with Crippen molar-refractivity contribution in [1.82, 2.24) is 5.32 Å². The second kappa shape index (κ2) is 5.68. The highest BCUT2D eigenvalue weighted by Crippen LogP contribution is 2.38. The summed E-state index contributed by atoms with van der Waals surface area (Å²) in [5, 5.41) is 15.6. The number of hydrogen-bond acceptors (Lipinski definition) is 5. The van der Waals surface area contributed by atoms with E-state index >= 15 is 0 Å². The van der Waals surface area contributed by atoms with Gasteiger partial charge in [-0.1, -0.05) is 0 Å². The maximum absolute atomic E-state index is 11.8. The molecule has 0 radical (unpaired) electrons. The molecular weight excluding hydrogens is 306 g/mol. The number of nitrogens with zero attached hydrogens (tertiary/aromatic N) is 1. The monoisotopic (exact) mass is 317 g/mol. The highest BCUT2D eigenvalue weighted by atomic mass is 32.1. The van der Waals surface area contributed by atoms with Crippen LogP contribution < -0.4 is 10.6 Å². The summed E-state index contributed by atoms with van der Waals surface area (Å²) in [7, 11) is 0. The van der Waals surface area contributed by atoms with Crippen molar-refractivity contribution < 1.29 is 9.21 Å². The molecule has 0 bridgehead atoms. The Morgan fingerprint density at radius 3 is 3.05 bits per heavy atom. The van der Waals surface area contributed by atoms with Gasteiger partial charge in [-0.05, 0) is 49.2 Å². The molecule has 2 heterocycles. The van der Waals surface area contributed by atoms with Gasteiger partial charge in [0.2, 0.25) is 0 Å². The van der Waals surface area contributed by atoms with Gasteiger partial charge in [0.05, 0.1) is 11.8 Å². The van der Waals surface area contributed by atoms with E-state index in [1.54, 1.807) is 12.1 Å². The Labute approximate surface area is 130 Å². The molecule has 2 aromatic rings. The molecule has 0 aliphatic heterocycles. The van der Waals surface area contributed by atoms with Crippen molar-refractivity contribution in [1.29, 1.82) is 5.26 Å².